The summed E-state index contributed by atoms with van der Waals surface area (Å²) in [6.07, 6.45) is -0.370. The molecule has 1 aliphatic rings. The van der Waals surface area contributed by atoms with Crippen LogP contribution in [0, 0.1) is 13.8 Å². The van der Waals surface area contributed by atoms with Crippen molar-refractivity contribution in [2.45, 2.75) is 20.0 Å². The summed E-state index contributed by atoms with van der Waals surface area (Å²) in [5, 5.41) is 3.17. The third-order valence-electron chi connectivity index (χ3n) is 3.44. The summed E-state index contributed by atoms with van der Waals surface area (Å²) in [5.74, 6) is 0.859. The minimum Gasteiger partial charge on any atom is -0.496 e. The number of carbonyl (C=O) groups is 1. The molecule has 2 rings (SSSR count). The molecule has 18 heavy (non-hydrogen) atoms. The van der Waals surface area contributed by atoms with E-state index in [0.717, 1.165) is 29.0 Å². The van der Waals surface area contributed by atoms with Crippen LogP contribution in [0.15, 0.2) is 12.1 Å². The first-order valence-electron chi connectivity index (χ1n) is 6.16. The predicted molar refractivity (Wildman–Crippen MR) is 69.4 cm³/mol. The minimum atomic E-state index is -0.370. The van der Waals surface area contributed by atoms with Crippen molar-refractivity contribution in [3.05, 3.63) is 28.8 Å². The fourth-order valence-corrected chi connectivity index (χ4v) is 2.19. The highest BCUT2D eigenvalue weighted by Gasteiger charge is 2.25. The molecule has 4 nitrogen and oxygen atoms in total. The largest absolute Gasteiger partial charge is 0.496 e. The van der Waals surface area contributed by atoms with Gasteiger partial charge in [-0.1, -0.05) is 0 Å². The van der Waals surface area contributed by atoms with Crippen LogP contribution < -0.4 is 10.1 Å². The van der Waals surface area contributed by atoms with E-state index in [0.29, 0.717) is 13.2 Å². The van der Waals surface area contributed by atoms with Crippen LogP contribution in [0.25, 0.3) is 0 Å². The number of carbonyl (C=O) groups excluding carboxylic acids is 1. The number of hydrogen-bond acceptors (Lipinski definition) is 4. The Balaban J connectivity index is 2.27. The summed E-state index contributed by atoms with van der Waals surface area (Å²) in [4.78, 5) is 12.4. The van der Waals surface area contributed by atoms with Crippen LogP contribution >= 0.6 is 0 Å². The number of nitrogens with one attached hydrogen (secondary N) is 1. The summed E-state index contributed by atoms with van der Waals surface area (Å²) in [7, 11) is 1.64. The van der Waals surface area contributed by atoms with Crippen LogP contribution in [0.2, 0.25) is 0 Å². The third kappa shape index (κ3) is 2.40. The Morgan fingerprint density at radius 2 is 2.17 bits per heavy atom. The van der Waals surface area contributed by atoms with Crippen LogP contribution in [0.1, 0.15) is 21.5 Å². The lowest BCUT2D eigenvalue weighted by molar-refractivity contribution is 0.0269. The quantitative estimate of drug-likeness (QED) is 0.824. The highest BCUT2D eigenvalue weighted by molar-refractivity contribution is 6.01. The summed E-state index contributed by atoms with van der Waals surface area (Å²) in [6.45, 7) is 5.89. The zero-order chi connectivity index (χ0) is 13.1. The molecular formula is C14H19NO3. The van der Waals surface area contributed by atoms with Gasteiger partial charge >= 0.3 is 0 Å². The second-order valence-corrected chi connectivity index (χ2v) is 4.49. The Bertz CT molecular complexity index is 451. The van der Waals surface area contributed by atoms with Gasteiger partial charge in [-0.05, 0) is 37.1 Å². The normalized spacial score (nSPS) is 19.6. The number of ether oxygens (including phenoxy) is 2. The monoisotopic (exact) mass is 249 g/mol. The molecule has 0 aliphatic carbocycles. The molecule has 1 unspecified atom stereocenters. The summed E-state index contributed by atoms with van der Waals surface area (Å²) in [6, 6.07) is 3.66. The SMILES string of the molecule is COc1ccc(C(=O)C2CNCCO2)c(C)c1C. The maximum atomic E-state index is 12.4. The van der Waals surface area contributed by atoms with Crippen LogP contribution in [-0.4, -0.2) is 38.7 Å². The molecule has 0 bridgehead atoms. The molecule has 0 aromatic heterocycles. The van der Waals surface area contributed by atoms with Crippen molar-refractivity contribution in [3.8, 4) is 5.75 Å². The van der Waals surface area contributed by atoms with Crippen LogP contribution in [-0.2, 0) is 4.74 Å². The molecule has 1 N–H and O–H groups in total. The second kappa shape index (κ2) is 5.50. The van der Waals surface area contributed by atoms with Gasteiger partial charge < -0.3 is 14.8 Å². The van der Waals surface area contributed by atoms with Gasteiger partial charge in [0.2, 0.25) is 0 Å². The van der Waals surface area contributed by atoms with Gasteiger partial charge in [-0.2, -0.15) is 0 Å². The van der Waals surface area contributed by atoms with Crippen molar-refractivity contribution in [1.29, 1.82) is 0 Å². The van der Waals surface area contributed by atoms with Gasteiger partial charge in [0.1, 0.15) is 11.9 Å². The van der Waals surface area contributed by atoms with Crippen LogP contribution in [0.4, 0.5) is 0 Å². The number of morpholine rings is 1. The topological polar surface area (TPSA) is 47.6 Å². The van der Waals surface area contributed by atoms with E-state index in [1.165, 1.54) is 0 Å². The molecular weight excluding hydrogens is 230 g/mol. The number of Topliss-reactive ketones (excluding diaryl/α,β-unsaturated/α-hetero) is 1. The Labute approximate surface area is 107 Å². The first kappa shape index (κ1) is 13.1. The molecule has 98 valence electrons. The van der Waals surface area contributed by atoms with Gasteiger partial charge in [0, 0.05) is 18.7 Å². The molecule has 1 atom stereocenters. The van der Waals surface area contributed by atoms with E-state index in [2.05, 4.69) is 5.32 Å². The van der Waals surface area contributed by atoms with Crippen molar-refractivity contribution in [1.82, 2.24) is 5.32 Å². The molecule has 1 heterocycles. The summed E-state index contributed by atoms with van der Waals surface area (Å²) < 4.78 is 10.8. The van der Waals surface area contributed by atoms with E-state index in [1.54, 1.807) is 7.11 Å². The van der Waals surface area contributed by atoms with Gasteiger partial charge in [-0.15, -0.1) is 0 Å². The third-order valence-corrected chi connectivity index (χ3v) is 3.44. The van der Waals surface area contributed by atoms with Crippen LogP contribution in [0.3, 0.4) is 0 Å². The van der Waals surface area contributed by atoms with Gasteiger partial charge in [-0.25, -0.2) is 0 Å². The molecule has 4 heteroatoms. The van der Waals surface area contributed by atoms with E-state index >= 15 is 0 Å². The van der Waals surface area contributed by atoms with E-state index in [4.69, 9.17) is 9.47 Å². The van der Waals surface area contributed by atoms with Crippen molar-refractivity contribution in [3.63, 3.8) is 0 Å². The van der Waals surface area contributed by atoms with Crippen molar-refractivity contribution >= 4 is 5.78 Å². The lowest BCUT2D eigenvalue weighted by Gasteiger charge is -2.23. The Morgan fingerprint density at radius 3 is 2.78 bits per heavy atom. The van der Waals surface area contributed by atoms with Crippen LogP contribution in [0.5, 0.6) is 5.75 Å². The average Bonchev–Trinajstić information content (AvgIpc) is 2.42. The average molecular weight is 249 g/mol. The van der Waals surface area contributed by atoms with E-state index in [-0.39, 0.29) is 11.9 Å². The smallest absolute Gasteiger partial charge is 0.193 e. The highest BCUT2D eigenvalue weighted by Crippen LogP contribution is 2.25. The minimum absolute atomic E-state index is 0.0467. The fourth-order valence-electron chi connectivity index (χ4n) is 2.19. The molecule has 1 saturated heterocycles. The molecule has 1 aromatic carbocycles. The maximum Gasteiger partial charge on any atom is 0.193 e. The first-order valence-corrected chi connectivity index (χ1v) is 6.16. The van der Waals surface area contributed by atoms with E-state index < -0.39 is 0 Å². The van der Waals surface area contributed by atoms with Gasteiger partial charge in [0.25, 0.3) is 0 Å². The predicted octanol–water partition coefficient (Wildman–Crippen LogP) is 1.48. The Hall–Kier alpha value is -1.39. The van der Waals surface area contributed by atoms with Crippen molar-refractivity contribution in [2.75, 3.05) is 26.8 Å². The zero-order valence-electron chi connectivity index (χ0n) is 11.1. The zero-order valence-corrected chi connectivity index (χ0v) is 11.1. The summed E-state index contributed by atoms with van der Waals surface area (Å²) in [5.41, 5.74) is 2.70. The number of rotatable bonds is 3. The molecule has 1 aromatic rings. The van der Waals surface area contributed by atoms with Gasteiger partial charge in [-0.3, -0.25) is 4.79 Å². The molecule has 1 fully saturated rings. The standard InChI is InChI=1S/C14H19NO3/c1-9-10(2)12(17-3)5-4-11(9)14(16)13-8-15-6-7-18-13/h4-5,13,15H,6-8H2,1-3H3. The second-order valence-electron chi connectivity index (χ2n) is 4.49. The molecule has 0 radical (unpaired) electrons. The van der Waals surface area contributed by atoms with E-state index in [1.807, 2.05) is 26.0 Å². The van der Waals surface area contributed by atoms with Crippen molar-refractivity contribution in [2.24, 2.45) is 0 Å². The highest BCUT2D eigenvalue weighted by atomic mass is 16.5. The molecule has 0 spiro atoms. The number of ketones is 1. The Kier molecular flexibility index (Phi) is 3.99. The van der Waals surface area contributed by atoms with E-state index in [9.17, 15) is 4.79 Å². The molecule has 0 saturated carbocycles. The lowest BCUT2D eigenvalue weighted by atomic mass is 9.96. The van der Waals surface area contributed by atoms with Gasteiger partial charge in [0.05, 0.1) is 13.7 Å². The first-order chi connectivity index (χ1) is 8.65. The number of benzene rings is 1. The summed E-state index contributed by atoms with van der Waals surface area (Å²) >= 11 is 0. The number of methoxy groups -OCH3 is 1. The van der Waals surface area contributed by atoms with Gasteiger partial charge in [0.15, 0.2) is 5.78 Å². The maximum absolute atomic E-state index is 12.4. The number of hydrogen-bond donors (Lipinski definition) is 1. The fraction of sp³-hybridized carbons (Fsp3) is 0.500. The molecule has 0 amide bonds. The molecule has 1 aliphatic heterocycles. The van der Waals surface area contributed by atoms with Crippen molar-refractivity contribution < 1.29 is 14.3 Å². The Morgan fingerprint density at radius 1 is 1.39 bits per heavy atom. The lowest BCUT2D eigenvalue weighted by Crippen LogP contribution is -2.43.